The van der Waals surface area contributed by atoms with E-state index in [-0.39, 0.29) is 0 Å². The molecule has 0 N–H and O–H groups in total. The Bertz CT molecular complexity index is 528. The van der Waals surface area contributed by atoms with E-state index in [9.17, 15) is 0 Å². The molecule has 1 aliphatic rings. The summed E-state index contributed by atoms with van der Waals surface area (Å²) in [6.45, 7) is 4.75. The summed E-state index contributed by atoms with van der Waals surface area (Å²) in [4.78, 5) is 4.42. The number of aryl methyl sites for hydroxylation is 2. The third-order valence-corrected chi connectivity index (χ3v) is 2.81. The number of hydrogen-bond acceptors (Lipinski definition) is 3. The van der Waals surface area contributed by atoms with Gasteiger partial charge in [-0.3, -0.25) is 0 Å². The van der Waals surface area contributed by atoms with Crippen LogP contribution in [0.15, 0.2) is 12.1 Å². The van der Waals surface area contributed by atoms with Gasteiger partial charge in [-0.05, 0) is 32.6 Å². The van der Waals surface area contributed by atoms with Crippen molar-refractivity contribution in [1.82, 2.24) is 14.6 Å². The summed E-state index contributed by atoms with van der Waals surface area (Å²) < 4.78 is 7.58. The van der Waals surface area contributed by atoms with Crippen molar-refractivity contribution in [3.05, 3.63) is 23.5 Å². The Labute approximate surface area is 94.3 Å². The zero-order chi connectivity index (χ0) is 11.1. The Balaban J connectivity index is 1.98. The molecule has 16 heavy (non-hydrogen) atoms. The third kappa shape index (κ3) is 1.75. The van der Waals surface area contributed by atoms with Gasteiger partial charge in [0.2, 0.25) is 5.88 Å². The summed E-state index contributed by atoms with van der Waals surface area (Å²) in [6.07, 6.45) is 2.59. The van der Waals surface area contributed by atoms with E-state index in [2.05, 4.69) is 10.1 Å². The highest BCUT2D eigenvalue weighted by atomic mass is 16.5. The summed E-state index contributed by atoms with van der Waals surface area (Å²) in [6, 6.07) is 3.92. The fourth-order valence-corrected chi connectivity index (χ4v) is 1.77. The molecule has 0 unspecified atom stereocenters. The molecule has 0 aliphatic heterocycles. The summed E-state index contributed by atoms with van der Waals surface area (Å²) >= 11 is 0. The standard InChI is InChI=1S/C12H15N3O/c1-8-6-12(16-7-10-3-4-10)15-11(13-8)5-9(2)14-15/h5-6,10H,3-4,7H2,1-2H3. The molecule has 0 bridgehead atoms. The molecule has 0 atom stereocenters. The van der Waals surface area contributed by atoms with Crippen molar-refractivity contribution in [2.24, 2.45) is 5.92 Å². The number of aromatic nitrogens is 3. The van der Waals surface area contributed by atoms with Crippen molar-refractivity contribution in [2.45, 2.75) is 26.7 Å². The predicted molar refractivity (Wildman–Crippen MR) is 60.7 cm³/mol. The van der Waals surface area contributed by atoms with E-state index >= 15 is 0 Å². The van der Waals surface area contributed by atoms with Crippen LogP contribution < -0.4 is 4.74 Å². The quantitative estimate of drug-likeness (QED) is 0.790. The lowest BCUT2D eigenvalue weighted by atomic mass is 10.4. The summed E-state index contributed by atoms with van der Waals surface area (Å²) in [5, 5.41) is 4.38. The fraction of sp³-hybridized carbons (Fsp3) is 0.500. The number of nitrogens with zero attached hydrogens (tertiary/aromatic N) is 3. The minimum Gasteiger partial charge on any atom is -0.477 e. The molecule has 2 aromatic heterocycles. The minimum absolute atomic E-state index is 0.750. The highest BCUT2D eigenvalue weighted by Gasteiger charge is 2.22. The van der Waals surface area contributed by atoms with Crippen molar-refractivity contribution in [1.29, 1.82) is 0 Å². The molecule has 0 amide bonds. The van der Waals surface area contributed by atoms with Crippen LogP contribution >= 0.6 is 0 Å². The van der Waals surface area contributed by atoms with Gasteiger partial charge in [-0.15, -0.1) is 0 Å². The third-order valence-electron chi connectivity index (χ3n) is 2.81. The number of fused-ring (bicyclic) bond motifs is 1. The number of ether oxygens (including phenoxy) is 1. The zero-order valence-electron chi connectivity index (χ0n) is 9.60. The molecule has 1 fully saturated rings. The lowest BCUT2D eigenvalue weighted by Gasteiger charge is -2.07. The molecule has 2 aromatic rings. The van der Waals surface area contributed by atoms with Crippen molar-refractivity contribution in [3.63, 3.8) is 0 Å². The van der Waals surface area contributed by atoms with Gasteiger partial charge in [0.15, 0.2) is 5.65 Å². The van der Waals surface area contributed by atoms with Crippen molar-refractivity contribution < 1.29 is 4.74 Å². The van der Waals surface area contributed by atoms with E-state index in [0.717, 1.165) is 35.4 Å². The Morgan fingerprint density at radius 1 is 1.31 bits per heavy atom. The topological polar surface area (TPSA) is 39.4 Å². The second-order valence-electron chi connectivity index (χ2n) is 4.55. The smallest absolute Gasteiger partial charge is 0.218 e. The molecule has 4 nitrogen and oxygen atoms in total. The highest BCUT2D eigenvalue weighted by molar-refractivity contribution is 5.43. The lowest BCUT2D eigenvalue weighted by Crippen LogP contribution is -2.05. The van der Waals surface area contributed by atoms with Gasteiger partial charge in [-0.1, -0.05) is 0 Å². The molecular formula is C12H15N3O. The average molecular weight is 217 g/mol. The highest BCUT2D eigenvalue weighted by Crippen LogP contribution is 2.29. The van der Waals surface area contributed by atoms with E-state index in [1.54, 1.807) is 4.52 Å². The molecule has 2 heterocycles. The molecule has 0 saturated heterocycles. The Hall–Kier alpha value is -1.58. The first-order valence-electron chi connectivity index (χ1n) is 5.69. The largest absolute Gasteiger partial charge is 0.477 e. The first-order chi connectivity index (χ1) is 7.72. The van der Waals surface area contributed by atoms with Gasteiger partial charge < -0.3 is 4.74 Å². The predicted octanol–water partition coefficient (Wildman–Crippen LogP) is 2.13. The van der Waals surface area contributed by atoms with Crippen molar-refractivity contribution in [3.8, 4) is 5.88 Å². The van der Waals surface area contributed by atoms with Gasteiger partial charge in [0.25, 0.3) is 0 Å². The average Bonchev–Trinajstić information content (AvgIpc) is 2.97. The molecule has 4 heteroatoms. The number of rotatable bonds is 3. The van der Waals surface area contributed by atoms with Crippen LogP contribution in [0.2, 0.25) is 0 Å². The van der Waals surface area contributed by atoms with Crippen LogP contribution in [0.1, 0.15) is 24.2 Å². The SMILES string of the molecule is Cc1cc(OCC2CC2)n2nc(C)cc2n1. The molecule has 1 aliphatic carbocycles. The maximum absolute atomic E-state index is 5.80. The Morgan fingerprint density at radius 2 is 2.12 bits per heavy atom. The van der Waals surface area contributed by atoms with Gasteiger partial charge in [-0.2, -0.15) is 9.61 Å². The summed E-state index contributed by atoms with van der Waals surface area (Å²) in [5.41, 5.74) is 2.80. The van der Waals surface area contributed by atoms with Crippen LogP contribution in [-0.4, -0.2) is 21.2 Å². The van der Waals surface area contributed by atoms with Crippen LogP contribution in [0.4, 0.5) is 0 Å². The molecular weight excluding hydrogens is 202 g/mol. The second kappa shape index (κ2) is 3.47. The van der Waals surface area contributed by atoms with Crippen molar-refractivity contribution >= 4 is 5.65 Å². The first-order valence-corrected chi connectivity index (χ1v) is 5.69. The van der Waals surface area contributed by atoms with Crippen LogP contribution in [0.25, 0.3) is 5.65 Å². The van der Waals surface area contributed by atoms with Gasteiger partial charge in [-0.25, -0.2) is 4.98 Å². The first kappa shape index (κ1) is 9.63. The van der Waals surface area contributed by atoms with E-state index in [4.69, 9.17) is 4.74 Å². The molecule has 84 valence electrons. The normalized spacial score (nSPS) is 15.6. The van der Waals surface area contributed by atoms with E-state index in [1.165, 1.54) is 12.8 Å². The monoisotopic (exact) mass is 217 g/mol. The molecule has 1 saturated carbocycles. The van der Waals surface area contributed by atoms with E-state index in [1.807, 2.05) is 26.0 Å². The van der Waals surface area contributed by atoms with E-state index in [0.29, 0.717) is 0 Å². The molecule has 3 rings (SSSR count). The van der Waals surface area contributed by atoms with Crippen LogP contribution in [0.5, 0.6) is 5.88 Å². The maximum Gasteiger partial charge on any atom is 0.218 e. The summed E-state index contributed by atoms with van der Waals surface area (Å²) in [7, 11) is 0. The Kier molecular flexibility index (Phi) is 2.09. The maximum atomic E-state index is 5.80. The lowest BCUT2D eigenvalue weighted by molar-refractivity contribution is 0.280. The summed E-state index contributed by atoms with van der Waals surface area (Å²) in [5.74, 6) is 1.56. The van der Waals surface area contributed by atoms with Gasteiger partial charge in [0, 0.05) is 17.8 Å². The van der Waals surface area contributed by atoms with Crippen LogP contribution in [0, 0.1) is 19.8 Å². The van der Waals surface area contributed by atoms with Crippen molar-refractivity contribution in [2.75, 3.05) is 6.61 Å². The van der Waals surface area contributed by atoms with Gasteiger partial charge in [0.1, 0.15) is 0 Å². The molecule has 0 spiro atoms. The van der Waals surface area contributed by atoms with Gasteiger partial charge in [0.05, 0.1) is 12.3 Å². The Morgan fingerprint density at radius 3 is 2.88 bits per heavy atom. The fourth-order valence-electron chi connectivity index (χ4n) is 1.77. The second-order valence-corrected chi connectivity index (χ2v) is 4.55. The zero-order valence-corrected chi connectivity index (χ0v) is 9.60. The number of hydrogen-bond donors (Lipinski definition) is 0. The van der Waals surface area contributed by atoms with E-state index < -0.39 is 0 Å². The molecule has 0 radical (unpaired) electrons. The van der Waals surface area contributed by atoms with Crippen LogP contribution in [0.3, 0.4) is 0 Å². The van der Waals surface area contributed by atoms with Crippen LogP contribution in [-0.2, 0) is 0 Å². The van der Waals surface area contributed by atoms with Gasteiger partial charge >= 0.3 is 0 Å². The minimum atomic E-state index is 0.750. The molecule has 0 aromatic carbocycles.